The van der Waals surface area contributed by atoms with Crippen molar-refractivity contribution >= 4 is 22.6 Å². The zero-order valence-corrected chi connectivity index (χ0v) is 20.6. The molecule has 184 valence electrons. The summed E-state index contributed by atoms with van der Waals surface area (Å²) < 4.78 is 14.1. The number of benzene rings is 2. The van der Waals surface area contributed by atoms with E-state index in [4.69, 9.17) is 14.1 Å². The topological polar surface area (TPSA) is 81.3 Å². The van der Waals surface area contributed by atoms with Crippen LogP contribution in [0, 0.1) is 6.92 Å². The Hall–Kier alpha value is -4.00. The molecule has 2 aliphatic carbocycles. The number of anilines is 1. The van der Waals surface area contributed by atoms with E-state index in [2.05, 4.69) is 51.6 Å². The quantitative estimate of drug-likeness (QED) is 0.282. The minimum absolute atomic E-state index is 0.152. The van der Waals surface area contributed by atoms with Gasteiger partial charge in [-0.1, -0.05) is 24.3 Å². The van der Waals surface area contributed by atoms with Gasteiger partial charge in [0.2, 0.25) is 5.89 Å². The van der Waals surface area contributed by atoms with E-state index in [1.807, 2.05) is 32.0 Å². The minimum atomic E-state index is -0.152. The molecule has 1 saturated carbocycles. The van der Waals surface area contributed by atoms with Crippen molar-refractivity contribution in [3.05, 3.63) is 66.6 Å². The highest BCUT2D eigenvalue weighted by Gasteiger charge is 2.28. The first-order valence-electron chi connectivity index (χ1n) is 12.7. The number of aryl methyl sites for hydroxylation is 1. The molecule has 7 heteroatoms. The smallest absolute Gasteiger partial charge is 0.319 e. The third kappa shape index (κ3) is 4.04. The van der Waals surface area contributed by atoms with Gasteiger partial charge in [-0.25, -0.2) is 9.78 Å². The van der Waals surface area contributed by atoms with E-state index in [0.29, 0.717) is 18.5 Å². The Morgan fingerprint density at radius 3 is 2.61 bits per heavy atom. The number of carbonyl (C=O) groups is 1. The van der Waals surface area contributed by atoms with Crippen LogP contribution in [0.25, 0.3) is 33.6 Å². The first-order valence-corrected chi connectivity index (χ1v) is 12.7. The maximum atomic E-state index is 12.3. The minimum Gasteiger partial charge on any atom is -0.494 e. The van der Waals surface area contributed by atoms with Crippen LogP contribution in [0.15, 0.2) is 65.3 Å². The van der Waals surface area contributed by atoms with Gasteiger partial charge in [-0.2, -0.15) is 0 Å². The first-order chi connectivity index (χ1) is 17.6. The number of urea groups is 1. The molecule has 2 N–H and O–H groups in total. The summed E-state index contributed by atoms with van der Waals surface area (Å²) in [6, 6.07) is 14.6. The van der Waals surface area contributed by atoms with Crippen molar-refractivity contribution in [1.82, 2.24) is 14.9 Å². The molecule has 2 aromatic heterocycles. The summed E-state index contributed by atoms with van der Waals surface area (Å²) in [4.78, 5) is 17.0. The molecule has 2 aromatic carbocycles. The summed E-state index contributed by atoms with van der Waals surface area (Å²) >= 11 is 0. The summed E-state index contributed by atoms with van der Waals surface area (Å²) in [5.41, 5.74) is 5.71. The van der Waals surface area contributed by atoms with Gasteiger partial charge in [0, 0.05) is 23.2 Å². The molecule has 1 fully saturated rings. The van der Waals surface area contributed by atoms with Gasteiger partial charge in [0.15, 0.2) is 0 Å². The summed E-state index contributed by atoms with van der Waals surface area (Å²) in [6.45, 7) is 4.53. The number of hydrogen-bond acceptors (Lipinski definition) is 4. The highest BCUT2D eigenvalue weighted by Crippen LogP contribution is 2.45. The molecule has 0 bridgehead atoms. The van der Waals surface area contributed by atoms with Gasteiger partial charge in [0.1, 0.15) is 12.0 Å². The summed E-state index contributed by atoms with van der Waals surface area (Å²) in [7, 11) is 0. The number of ether oxygens (including phenoxy) is 1. The lowest BCUT2D eigenvalue weighted by molar-refractivity contribution is 0.240. The molecule has 6 rings (SSSR count). The average molecular weight is 483 g/mol. The van der Waals surface area contributed by atoms with Crippen LogP contribution in [0.5, 0.6) is 5.75 Å². The predicted octanol–water partition coefficient (Wildman–Crippen LogP) is 6.85. The molecule has 0 unspecified atom stereocenters. The molecule has 2 heterocycles. The molecule has 0 saturated heterocycles. The number of amides is 2. The van der Waals surface area contributed by atoms with Crippen molar-refractivity contribution in [2.45, 2.75) is 51.6 Å². The number of hydrogen-bond donors (Lipinski definition) is 2. The molecule has 0 aliphatic heterocycles. The number of oxazole rings is 1. The second-order valence-electron chi connectivity index (χ2n) is 9.53. The number of aromatic nitrogens is 2. The second-order valence-corrected chi connectivity index (χ2v) is 9.53. The number of carbonyl (C=O) groups excluding carboxylic acids is 1. The Balaban J connectivity index is 1.45. The van der Waals surface area contributed by atoms with Crippen LogP contribution in [-0.2, 0) is 0 Å². The van der Waals surface area contributed by atoms with Crippen LogP contribution >= 0.6 is 0 Å². The van der Waals surface area contributed by atoms with E-state index in [9.17, 15) is 4.79 Å². The van der Waals surface area contributed by atoms with Crippen molar-refractivity contribution in [2.24, 2.45) is 0 Å². The zero-order valence-electron chi connectivity index (χ0n) is 20.6. The maximum Gasteiger partial charge on any atom is 0.319 e. The number of rotatable bonds is 7. The molecule has 4 aromatic rings. The Labute approximate surface area is 210 Å². The van der Waals surface area contributed by atoms with Gasteiger partial charge < -0.3 is 24.4 Å². The molecule has 1 atom stereocenters. The first kappa shape index (κ1) is 22.5. The molecule has 36 heavy (non-hydrogen) atoms. The maximum absolute atomic E-state index is 12.3. The number of nitrogens with one attached hydrogen (secondary N) is 2. The van der Waals surface area contributed by atoms with Crippen LogP contribution in [0.2, 0.25) is 0 Å². The molecular formula is C29H30N4O3. The molecule has 2 amide bonds. The van der Waals surface area contributed by atoms with Crippen LogP contribution < -0.4 is 15.4 Å². The van der Waals surface area contributed by atoms with Gasteiger partial charge in [-0.15, -0.1) is 0 Å². The van der Waals surface area contributed by atoms with E-state index in [0.717, 1.165) is 64.1 Å². The van der Waals surface area contributed by atoms with Crippen molar-refractivity contribution < 1.29 is 13.9 Å². The number of allylic oxidation sites excluding steroid dienone is 2. The molecule has 7 nitrogen and oxygen atoms in total. The predicted molar refractivity (Wildman–Crippen MR) is 141 cm³/mol. The van der Waals surface area contributed by atoms with Gasteiger partial charge in [0.05, 0.1) is 35.1 Å². The SMILES string of the molecule is CCOc1ccc2c(-c3nc(C)co3)c(-c3ccc(NC(=O)NC4CCC4)cc3)n([C@H]3C=CC3)c2c1. The fourth-order valence-corrected chi connectivity index (χ4v) is 4.93. The summed E-state index contributed by atoms with van der Waals surface area (Å²) in [6.07, 6.45) is 10.4. The molecular weight excluding hydrogens is 452 g/mol. The van der Waals surface area contributed by atoms with Gasteiger partial charge in [-0.05, 0) is 69.4 Å². The largest absolute Gasteiger partial charge is 0.494 e. The standard InChI is InChI=1S/C29H30N4O3/c1-3-35-23-14-15-24-25(16-23)33(22-8-5-9-22)27(26(24)28-30-18(2)17-36-28)19-10-12-21(13-11-19)32-29(34)31-20-6-4-7-20/h5,8,10-17,20,22H,3-4,6-7,9H2,1-2H3,(H2,31,32,34)/t22-/m0/s1. The molecule has 0 radical (unpaired) electrons. The van der Waals surface area contributed by atoms with Crippen LogP contribution in [0.1, 0.15) is 44.3 Å². The Kier molecular flexibility index (Phi) is 5.76. The lowest BCUT2D eigenvalue weighted by Gasteiger charge is -2.26. The third-order valence-electron chi connectivity index (χ3n) is 7.04. The van der Waals surface area contributed by atoms with Crippen molar-refractivity contribution in [3.8, 4) is 28.5 Å². The van der Waals surface area contributed by atoms with E-state index in [1.165, 1.54) is 6.42 Å². The van der Waals surface area contributed by atoms with E-state index >= 15 is 0 Å². The summed E-state index contributed by atoms with van der Waals surface area (Å²) in [5.74, 6) is 1.44. The Morgan fingerprint density at radius 1 is 1.19 bits per heavy atom. The van der Waals surface area contributed by atoms with E-state index < -0.39 is 0 Å². The van der Waals surface area contributed by atoms with Gasteiger partial charge in [-0.3, -0.25) is 0 Å². The van der Waals surface area contributed by atoms with Crippen molar-refractivity contribution in [1.29, 1.82) is 0 Å². The lowest BCUT2D eigenvalue weighted by Crippen LogP contribution is -2.41. The summed E-state index contributed by atoms with van der Waals surface area (Å²) in [5, 5.41) is 7.05. The van der Waals surface area contributed by atoms with Crippen molar-refractivity contribution in [2.75, 3.05) is 11.9 Å². The second kappa shape index (κ2) is 9.22. The van der Waals surface area contributed by atoms with Gasteiger partial charge >= 0.3 is 6.03 Å². The van der Waals surface area contributed by atoms with Crippen LogP contribution in [-0.4, -0.2) is 28.2 Å². The Morgan fingerprint density at radius 2 is 2.00 bits per heavy atom. The van der Waals surface area contributed by atoms with Crippen molar-refractivity contribution in [3.63, 3.8) is 0 Å². The molecule has 2 aliphatic rings. The van der Waals surface area contributed by atoms with E-state index in [-0.39, 0.29) is 12.1 Å². The normalized spacial score (nSPS) is 17.0. The average Bonchev–Trinajstić information content (AvgIpc) is 3.37. The highest BCUT2D eigenvalue weighted by atomic mass is 16.5. The van der Waals surface area contributed by atoms with E-state index in [1.54, 1.807) is 6.26 Å². The van der Waals surface area contributed by atoms with Crippen LogP contribution in [0.3, 0.4) is 0 Å². The number of nitrogens with zero attached hydrogens (tertiary/aromatic N) is 2. The Bertz CT molecular complexity index is 1440. The third-order valence-corrected chi connectivity index (χ3v) is 7.04. The fraction of sp³-hybridized carbons (Fsp3) is 0.310. The molecule has 0 spiro atoms. The zero-order chi connectivity index (χ0) is 24.6. The highest BCUT2D eigenvalue weighted by molar-refractivity contribution is 6.03. The monoisotopic (exact) mass is 482 g/mol. The van der Waals surface area contributed by atoms with Gasteiger partial charge in [0.25, 0.3) is 0 Å². The fourth-order valence-electron chi connectivity index (χ4n) is 4.93. The lowest BCUT2D eigenvalue weighted by atomic mass is 9.93. The van der Waals surface area contributed by atoms with Crippen LogP contribution in [0.4, 0.5) is 10.5 Å². The number of fused-ring (bicyclic) bond motifs is 1.